The van der Waals surface area contributed by atoms with Crippen molar-refractivity contribution in [2.75, 3.05) is 13.2 Å². The first-order valence-corrected chi connectivity index (χ1v) is 9.79. The fourth-order valence-electron chi connectivity index (χ4n) is 3.33. The van der Waals surface area contributed by atoms with Crippen LogP contribution in [-0.2, 0) is 25.6 Å². The van der Waals surface area contributed by atoms with Gasteiger partial charge in [-0.3, -0.25) is 14.4 Å². The Hall–Kier alpha value is -2.98. The lowest BCUT2D eigenvalue weighted by atomic mass is 10.0. The predicted octanol–water partition coefficient (Wildman–Crippen LogP) is -1.39. The maximum absolute atomic E-state index is 12.8. The van der Waals surface area contributed by atoms with Gasteiger partial charge in [0.2, 0.25) is 17.7 Å². The van der Waals surface area contributed by atoms with Crippen LogP contribution in [0, 0.1) is 0 Å². The number of nitrogens with zero attached hydrogens (tertiary/aromatic N) is 1. The van der Waals surface area contributed by atoms with E-state index in [9.17, 15) is 24.3 Å². The highest BCUT2D eigenvalue weighted by atomic mass is 16.4. The van der Waals surface area contributed by atoms with Gasteiger partial charge in [0.1, 0.15) is 24.2 Å². The van der Waals surface area contributed by atoms with Crippen LogP contribution in [0.4, 0.5) is 0 Å². The molecule has 3 amide bonds. The van der Waals surface area contributed by atoms with Gasteiger partial charge in [-0.15, -0.1) is 0 Å². The SMILES string of the molecule is CC(NC(=O)C(Cc1ccccc1)NC(=O)C(N)CO)C(=O)N1CCCC1C(=O)O. The first-order valence-electron chi connectivity index (χ1n) is 9.79. The lowest BCUT2D eigenvalue weighted by Gasteiger charge is -2.27. The van der Waals surface area contributed by atoms with Crippen LogP contribution in [0.3, 0.4) is 0 Å². The summed E-state index contributed by atoms with van der Waals surface area (Å²) in [6, 6.07) is 4.88. The van der Waals surface area contributed by atoms with Crippen molar-refractivity contribution in [3.05, 3.63) is 35.9 Å². The monoisotopic (exact) mass is 420 g/mol. The van der Waals surface area contributed by atoms with Crippen molar-refractivity contribution < 1.29 is 29.4 Å². The number of aliphatic carboxylic acids is 1. The second-order valence-electron chi connectivity index (χ2n) is 7.30. The van der Waals surface area contributed by atoms with Crippen molar-refractivity contribution in [2.24, 2.45) is 5.73 Å². The van der Waals surface area contributed by atoms with Crippen LogP contribution < -0.4 is 16.4 Å². The maximum atomic E-state index is 12.8. The summed E-state index contributed by atoms with van der Waals surface area (Å²) >= 11 is 0. The smallest absolute Gasteiger partial charge is 0.326 e. The Balaban J connectivity index is 2.09. The van der Waals surface area contributed by atoms with Crippen LogP contribution in [0.15, 0.2) is 30.3 Å². The number of rotatable bonds is 9. The van der Waals surface area contributed by atoms with Gasteiger partial charge >= 0.3 is 5.97 Å². The summed E-state index contributed by atoms with van der Waals surface area (Å²) in [6.07, 6.45) is 1.10. The van der Waals surface area contributed by atoms with E-state index in [1.165, 1.54) is 11.8 Å². The molecule has 1 heterocycles. The average molecular weight is 420 g/mol. The summed E-state index contributed by atoms with van der Waals surface area (Å²) in [6.45, 7) is 1.20. The van der Waals surface area contributed by atoms with Crippen LogP contribution in [0.5, 0.6) is 0 Å². The van der Waals surface area contributed by atoms with Crippen LogP contribution in [-0.4, -0.2) is 76.1 Å². The quantitative estimate of drug-likeness (QED) is 0.329. The van der Waals surface area contributed by atoms with E-state index in [0.29, 0.717) is 19.4 Å². The summed E-state index contributed by atoms with van der Waals surface area (Å²) in [4.78, 5) is 50.2. The molecule has 0 aliphatic carbocycles. The predicted molar refractivity (Wildman–Crippen MR) is 107 cm³/mol. The number of carbonyl (C=O) groups excluding carboxylic acids is 3. The summed E-state index contributed by atoms with van der Waals surface area (Å²) in [7, 11) is 0. The number of hydrogen-bond acceptors (Lipinski definition) is 6. The molecule has 6 N–H and O–H groups in total. The first kappa shape index (κ1) is 23.3. The van der Waals surface area contributed by atoms with Crippen molar-refractivity contribution in [3.8, 4) is 0 Å². The van der Waals surface area contributed by atoms with Crippen LogP contribution >= 0.6 is 0 Å². The second kappa shape index (κ2) is 10.7. The molecule has 4 unspecified atom stereocenters. The van der Waals surface area contributed by atoms with Gasteiger partial charge < -0.3 is 31.5 Å². The highest BCUT2D eigenvalue weighted by molar-refractivity contribution is 5.94. The summed E-state index contributed by atoms with van der Waals surface area (Å²) in [5.41, 5.74) is 6.30. The molecule has 0 radical (unpaired) electrons. The third-order valence-electron chi connectivity index (χ3n) is 5.00. The largest absolute Gasteiger partial charge is 0.480 e. The van der Waals surface area contributed by atoms with Crippen molar-refractivity contribution in [1.82, 2.24) is 15.5 Å². The molecular weight excluding hydrogens is 392 g/mol. The summed E-state index contributed by atoms with van der Waals surface area (Å²) in [5, 5.41) is 23.4. The minimum Gasteiger partial charge on any atom is -0.480 e. The lowest BCUT2D eigenvalue weighted by Crippen LogP contribution is -2.57. The van der Waals surface area contributed by atoms with E-state index in [2.05, 4.69) is 10.6 Å². The number of carbonyl (C=O) groups is 4. The number of aliphatic hydroxyl groups excluding tert-OH is 1. The standard InChI is InChI=1S/C20H28N4O6/c1-12(19(28)24-9-5-8-16(24)20(29)30)22-18(27)15(23-17(26)14(21)11-25)10-13-6-3-2-4-7-13/h2-4,6-7,12,14-16,25H,5,8-11,21H2,1H3,(H,22,27)(H,23,26)(H,29,30). The number of hydrogen-bond donors (Lipinski definition) is 5. The molecule has 0 spiro atoms. The number of amides is 3. The van der Waals surface area contributed by atoms with Crippen LogP contribution in [0.25, 0.3) is 0 Å². The number of carboxylic acid groups (broad SMARTS) is 1. The zero-order chi connectivity index (χ0) is 22.3. The van der Waals surface area contributed by atoms with Crippen molar-refractivity contribution >= 4 is 23.7 Å². The van der Waals surface area contributed by atoms with E-state index in [0.717, 1.165) is 5.56 Å². The third kappa shape index (κ3) is 6.01. The molecule has 1 aromatic rings. The minimum atomic E-state index is -1.18. The first-order chi connectivity index (χ1) is 14.2. The fraction of sp³-hybridized carbons (Fsp3) is 0.500. The summed E-state index contributed by atoms with van der Waals surface area (Å²) in [5.74, 6) is -2.88. The van der Waals surface area contributed by atoms with Crippen molar-refractivity contribution in [3.63, 3.8) is 0 Å². The van der Waals surface area contributed by atoms with E-state index in [1.54, 1.807) is 24.3 Å². The van der Waals surface area contributed by atoms with Crippen molar-refractivity contribution in [2.45, 2.75) is 50.4 Å². The number of nitrogens with one attached hydrogen (secondary N) is 2. The Morgan fingerprint density at radius 3 is 2.43 bits per heavy atom. The molecule has 1 aromatic carbocycles. The molecule has 0 saturated carbocycles. The molecule has 30 heavy (non-hydrogen) atoms. The highest BCUT2D eigenvalue weighted by Gasteiger charge is 2.37. The molecule has 10 nitrogen and oxygen atoms in total. The Kier molecular flexibility index (Phi) is 8.31. The molecule has 164 valence electrons. The Labute approximate surface area is 174 Å². The van der Waals surface area contributed by atoms with Gasteiger partial charge in [0, 0.05) is 13.0 Å². The van der Waals surface area contributed by atoms with Crippen molar-refractivity contribution in [1.29, 1.82) is 0 Å². The highest BCUT2D eigenvalue weighted by Crippen LogP contribution is 2.18. The van der Waals surface area contributed by atoms with E-state index < -0.39 is 54.5 Å². The Morgan fingerprint density at radius 1 is 1.17 bits per heavy atom. The zero-order valence-electron chi connectivity index (χ0n) is 16.8. The molecule has 4 atom stereocenters. The Bertz CT molecular complexity index is 772. The lowest BCUT2D eigenvalue weighted by molar-refractivity contribution is -0.149. The number of aliphatic hydroxyl groups is 1. The normalized spacial score (nSPS) is 18.9. The van der Waals surface area contributed by atoms with Gasteiger partial charge in [0.05, 0.1) is 6.61 Å². The number of nitrogens with two attached hydrogens (primary N) is 1. The molecule has 2 rings (SSSR count). The zero-order valence-corrected chi connectivity index (χ0v) is 16.8. The third-order valence-corrected chi connectivity index (χ3v) is 5.00. The van der Waals surface area contributed by atoms with Gasteiger partial charge in [-0.1, -0.05) is 30.3 Å². The molecule has 10 heteroatoms. The van der Waals surface area contributed by atoms with Gasteiger partial charge in [0.25, 0.3) is 0 Å². The molecule has 1 fully saturated rings. The van der Waals surface area contributed by atoms with Gasteiger partial charge in [-0.05, 0) is 25.3 Å². The summed E-state index contributed by atoms with van der Waals surface area (Å²) < 4.78 is 0. The Morgan fingerprint density at radius 2 is 1.83 bits per heavy atom. The number of benzene rings is 1. The van der Waals surface area contributed by atoms with Gasteiger partial charge in [-0.25, -0.2) is 4.79 Å². The maximum Gasteiger partial charge on any atom is 0.326 e. The molecule has 1 saturated heterocycles. The molecule has 0 bridgehead atoms. The average Bonchev–Trinajstić information content (AvgIpc) is 3.22. The van der Waals surface area contributed by atoms with E-state index in [1.807, 2.05) is 6.07 Å². The molecule has 1 aliphatic rings. The fourth-order valence-corrected chi connectivity index (χ4v) is 3.33. The van der Waals surface area contributed by atoms with Crippen LogP contribution in [0.2, 0.25) is 0 Å². The molecular formula is C20H28N4O6. The van der Waals surface area contributed by atoms with Gasteiger partial charge in [0.15, 0.2) is 0 Å². The molecule has 1 aliphatic heterocycles. The topological polar surface area (TPSA) is 162 Å². The van der Waals surface area contributed by atoms with E-state index >= 15 is 0 Å². The molecule has 0 aromatic heterocycles. The number of carboxylic acids is 1. The number of likely N-dealkylation sites (tertiary alicyclic amines) is 1. The van der Waals surface area contributed by atoms with Gasteiger partial charge in [-0.2, -0.15) is 0 Å². The minimum absolute atomic E-state index is 0.152. The second-order valence-corrected chi connectivity index (χ2v) is 7.30. The van der Waals surface area contributed by atoms with E-state index in [4.69, 9.17) is 10.8 Å². The van der Waals surface area contributed by atoms with Crippen LogP contribution in [0.1, 0.15) is 25.3 Å². The van der Waals surface area contributed by atoms with E-state index in [-0.39, 0.29) is 6.42 Å².